The van der Waals surface area contributed by atoms with Gasteiger partial charge in [0.05, 0.1) is 16.8 Å². The molecule has 0 aliphatic heterocycles. The normalized spacial score (nSPS) is 10.8. The Morgan fingerprint density at radius 3 is 2.62 bits per heavy atom. The summed E-state index contributed by atoms with van der Waals surface area (Å²) in [6.45, 7) is 1.88. The smallest absolute Gasteiger partial charge is 0.284 e. The van der Waals surface area contributed by atoms with E-state index in [0.29, 0.717) is 32.8 Å². The summed E-state index contributed by atoms with van der Waals surface area (Å²) < 4.78 is 0. The summed E-state index contributed by atoms with van der Waals surface area (Å²) in [5.74, 6) is -1.50. The fourth-order valence-corrected chi connectivity index (χ4v) is 4.13. The Labute approximate surface area is 191 Å². The molecule has 0 saturated heterocycles. The highest BCUT2D eigenvalue weighted by molar-refractivity contribution is 7.11. The minimum atomic E-state index is -0.597. The third-order valence-electron chi connectivity index (χ3n) is 5.00. The van der Waals surface area contributed by atoms with Gasteiger partial charge in [0.1, 0.15) is 5.88 Å². The van der Waals surface area contributed by atoms with Gasteiger partial charge in [0.25, 0.3) is 11.8 Å². The first-order valence-corrected chi connectivity index (χ1v) is 10.9. The van der Waals surface area contributed by atoms with Crippen LogP contribution in [0.3, 0.4) is 0 Å². The average molecular weight is 468 g/mol. The van der Waals surface area contributed by atoms with Crippen LogP contribution >= 0.6 is 22.9 Å². The lowest BCUT2D eigenvalue weighted by atomic mass is 9.94. The van der Waals surface area contributed by atoms with E-state index in [1.807, 2.05) is 19.1 Å². The molecular formula is C22H18ClN5O3S. The Morgan fingerprint density at radius 1 is 1.12 bits per heavy atom. The first-order valence-electron chi connectivity index (χ1n) is 9.51. The zero-order valence-electron chi connectivity index (χ0n) is 16.9. The monoisotopic (exact) mass is 467 g/mol. The van der Waals surface area contributed by atoms with E-state index in [9.17, 15) is 14.4 Å². The number of anilines is 2. The Hall–Kier alpha value is -3.69. The maximum Gasteiger partial charge on any atom is 0.284 e. The molecule has 32 heavy (non-hydrogen) atoms. The summed E-state index contributed by atoms with van der Waals surface area (Å²) in [6.07, 6.45) is 3.16. The summed E-state index contributed by atoms with van der Waals surface area (Å²) >= 11 is 6.91. The molecule has 4 aromatic rings. The van der Waals surface area contributed by atoms with Crippen LogP contribution in [-0.4, -0.2) is 33.6 Å². The standard InChI is InChI=1S/C22H18ClN5O3S/c1-11-12(3-2-4-15(11)28-21(31)22-25-7-8-32-22)13-5-6-14(20(24)30)19-18(13)16(10-26-19)27-17(29)9-23/h2-8,10,26H,9H2,1H3,(H2,24,30)(H,27,29)(H,28,31). The van der Waals surface area contributed by atoms with E-state index < -0.39 is 5.91 Å². The first kappa shape index (κ1) is 21.5. The van der Waals surface area contributed by atoms with Crippen LogP contribution in [0.5, 0.6) is 0 Å². The highest BCUT2D eigenvalue weighted by Gasteiger charge is 2.20. The predicted octanol–water partition coefficient (Wildman–Crippen LogP) is 4.13. The fourth-order valence-electron chi connectivity index (χ4n) is 3.54. The lowest BCUT2D eigenvalue weighted by molar-refractivity contribution is -0.113. The summed E-state index contributed by atoms with van der Waals surface area (Å²) in [4.78, 5) is 43.4. The van der Waals surface area contributed by atoms with Crippen LogP contribution in [0, 0.1) is 6.92 Å². The number of nitrogens with one attached hydrogen (secondary N) is 3. The number of nitrogens with zero attached hydrogens (tertiary/aromatic N) is 1. The van der Waals surface area contributed by atoms with Gasteiger partial charge < -0.3 is 21.4 Å². The number of alkyl halides is 1. The molecule has 3 amide bonds. The third-order valence-corrected chi connectivity index (χ3v) is 6.01. The molecule has 0 saturated carbocycles. The molecule has 5 N–H and O–H groups in total. The van der Waals surface area contributed by atoms with Gasteiger partial charge in [-0.15, -0.1) is 22.9 Å². The summed E-state index contributed by atoms with van der Waals surface area (Å²) in [5, 5.41) is 8.35. The van der Waals surface area contributed by atoms with Crippen molar-refractivity contribution in [3.05, 3.63) is 64.2 Å². The molecule has 0 radical (unpaired) electrons. The summed E-state index contributed by atoms with van der Waals surface area (Å²) in [5.41, 5.74) is 9.79. The predicted molar refractivity (Wildman–Crippen MR) is 126 cm³/mol. The largest absolute Gasteiger partial charge is 0.366 e. The van der Waals surface area contributed by atoms with Crippen LogP contribution in [0.1, 0.15) is 25.7 Å². The summed E-state index contributed by atoms with van der Waals surface area (Å²) in [6, 6.07) is 8.91. The lowest BCUT2D eigenvalue weighted by Gasteiger charge is -2.15. The molecule has 0 spiro atoms. The van der Waals surface area contributed by atoms with Crippen LogP contribution < -0.4 is 16.4 Å². The van der Waals surface area contributed by atoms with E-state index in [2.05, 4.69) is 20.6 Å². The van der Waals surface area contributed by atoms with Gasteiger partial charge in [-0.05, 0) is 35.7 Å². The van der Waals surface area contributed by atoms with Crippen LogP contribution in [0.15, 0.2) is 48.1 Å². The number of amides is 3. The number of hydrogen-bond donors (Lipinski definition) is 4. The molecule has 0 unspecified atom stereocenters. The van der Waals surface area contributed by atoms with Crippen molar-refractivity contribution in [1.82, 2.24) is 9.97 Å². The van der Waals surface area contributed by atoms with Gasteiger partial charge in [-0.3, -0.25) is 14.4 Å². The van der Waals surface area contributed by atoms with E-state index in [1.54, 1.807) is 36.0 Å². The van der Waals surface area contributed by atoms with Crippen molar-refractivity contribution >= 4 is 62.9 Å². The molecule has 2 aromatic carbocycles. The van der Waals surface area contributed by atoms with Crippen molar-refractivity contribution in [3.8, 4) is 11.1 Å². The van der Waals surface area contributed by atoms with E-state index in [-0.39, 0.29) is 17.7 Å². The molecule has 0 aliphatic rings. The van der Waals surface area contributed by atoms with Gasteiger partial charge in [0.15, 0.2) is 5.01 Å². The SMILES string of the molecule is Cc1c(NC(=O)c2nccs2)cccc1-c1ccc(C(N)=O)c2[nH]cc(NC(=O)CCl)c12. The van der Waals surface area contributed by atoms with Crippen LogP contribution in [0.25, 0.3) is 22.0 Å². The number of carbonyl (C=O) groups excluding carboxylic acids is 3. The Morgan fingerprint density at radius 2 is 1.94 bits per heavy atom. The molecule has 4 rings (SSSR count). The molecule has 0 aliphatic carbocycles. The number of halogens is 1. The van der Waals surface area contributed by atoms with Gasteiger partial charge in [-0.25, -0.2) is 4.98 Å². The van der Waals surface area contributed by atoms with Crippen molar-refractivity contribution in [3.63, 3.8) is 0 Å². The van der Waals surface area contributed by atoms with Crippen molar-refractivity contribution in [2.75, 3.05) is 16.5 Å². The van der Waals surface area contributed by atoms with Crippen molar-refractivity contribution in [2.45, 2.75) is 6.92 Å². The first-order chi connectivity index (χ1) is 15.4. The number of rotatable bonds is 6. The number of hydrogen-bond acceptors (Lipinski definition) is 5. The molecule has 0 atom stereocenters. The number of fused-ring (bicyclic) bond motifs is 1. The van der Waals surface area contributed by atoms with E-state index in [0.717, 1.165) is 16.7 Å². The number of carbonyl (C=O) groups is 3. The fraction of sp³-hybridized carbons (Fsp3) is 0.0909. The topological polar surface area (TPSA) is 130 Å². The molecular weight excluding hydrogens is 450 g/mol. The Bertz CT molecular complexity index is 1350. The average Bonchev–Trinajstić information content (AvgIpc) is 3.45. The zero-order valence-corrected chi connectivity index (χ0v) is 18.4. The highest BCUT2D eigenvalue weighted by Crippen LogP contribution is 2.38. The minimum Gasteiger partial charge on any atom is -0.366 e. The minimum absolute atomic E-state index is 0.213. The van der Waals surface area contributed by atoms with E-state index in [1.165, 1.54) is 11.3 Å². The second-order valence-corrected chi connectivity index (χ2v) is 8.09. The van der Waals surface area contributed by atoms with Crippen LogP contribution in [-0.2, 0) is 4.79 Å². The van der Waals surface area contributed by atoms with E-state index >= 15 is 0 Å². The molecule has 0 bridgehead atoms. The molecule has 8 nitrogen and oxygen atoms in total. The van der Waals surface area contributed by atoms with Crippen LogP contribution in [0.2, 0.25) is 0 Å². The van der Waals surface area contributed by atoms with E-state index in [4.69, 9.17) is 17.3 Å². The van der Waals surface area contributed by atoms with Crippen molar-refractivity contribution < 1.29 is 14.4 Å². The number of aromatic amines is 1. The van der Waals surface area contributed by atoms with Crippen molar-refractivity contribution in [1.29, 1.82) is 0 Å². The molecule has 2 aromatic heterocycles. The number of aromatic nitrogens is 2. The van der Waals surface area contributed by atoms with Gasteiger partial charge in [0.2, 0.25) is 5.91 Å². The Balaban J connectivity index is 1.85. The lowest BCUT2D eigenvalue weighted by Crippen LogP contribution is -2.13. The number of H-pyrrole nitrogens is 1. The summed E-state index contributed by atoms with van der Waals surface area (Å²) in [7, 11) is 0. The second-order valence-electron chi connectivity index (χ2n) is 6.93. The van der Waals surface area contributed by atoms with Gasteiger partial charge in [-0.2, -0.15) is 0 Å². The quantitative estimate of drug-likeness (QED) is 0.317. The third kappa shape index (κ3) is 3.95. The zero-order chi connectivity index (χ0) is 22.8. The van der Waals surface area contributed by atoms with Gasteiger partial charge in [-0.1, -0.05) is 18.2 Å². The van der Waals surface area contributed by atoms with Crippen molar-refractivity contribution in [2.24, 2.45) is 5.73 Å². The number of thiazole rings is 1. The maximum atomic E-state index is 12.5. The molecule has 162 valence electrons. The highest BCUT2D eigenvalue weighted by atomic mass is 35.5. The van der Waals surface area contributed by atoms with Gasteiger partial charge in [0, 0.05) is 28.8 Å². The number of nitrogens with two attached hydrogens (primary N) is 1. The molecule has 2 heterocycles. The molecule has 0 fully saturated rings. The molecule has 10 heteroatoms. The second kappa shape index (κ2) is 8.81. The number of benzene rings is 2. The number of primary amides is 1. The Kier molecular flexibility index (Phi) is 5.93. The maximum absolute atomic E-state index is 12.5. The van der Waals surface area contributed by atoms with Gasteiger partial charge >= 0.3 is 0 Å². The van der Waals surface area contributed by atoms with Crippen LogP contribution in [0.4, 0.5) is 11.4 Å².